The third-order valence-electron chi connectivity index (χ3n) is 2.63. The number of pyridine rings is 1. The SMILES string of the molecule is CCCCc1ccc2c(N)c(C(=O)O)sc2n1. The zero-order chi connectivity index (χ0) is 12.4. The molecule has 2 aromatic heterocycles. The molecule has 0 aromatic carbocycles. The molecule has 2 aromatic rings. The third-order valence-corrected chi connectivity index (χ3v) is 3.74. The highest BCUT2D eigenvalue weighted by Gasteiger charge is 2.16. The smallest absolute Gasteiger partial charge is 0.348 e. The second kappa shape index (κ2) is 4.71. The van der Waals surface area contributed by atoms with Gasteiger partial charge in [-0.1, -0.05) is 13.3 Å². The van der Waals surface area contributed by atoms with E-state index in [9.17, 15) is 4.79 Å². The van der Waals surface area contributed by atoms with Gasteiger partial charge in [0.1, 0.15) is 9.71 Å². The first-order valence-electron chi connectivity index (χ1n) is 5.54. The van der Waals surface area contributed by atoms with Crippen molar-refractivity contribution in [2.45, 2.75) is 26.2 Å². The van der Waals surface area contributed by atoms with Crippen LogP contribution in [0, 0.1) is 0 Å². The molecule has 90 valence electrons. The summed E-state index contributed by atoms with van der Waals surface area (Å²) in [4.78, 5) is 16.3. The van der Waals surface area contributed by atoms with Crippen LogP contribution < -0.4 is 5.73 Å². The number of unbranched alkanes of at least 4 members (excludes halogenated alkanes) is 1. The number of hydrogen-bond acceptors (Lipinski definition) is 4. The fourth-order valence-electron chi connectivity index (χ4n) is 1.69. The molecule has 0 aliphatic heterocycles. The maximum atomic E-state index is 11.0. The summed E-state index contributed by atoms with van der Waals surface area (Å²) < 4.78 is 0. The van der Waals surface area contributed by atoms with Gasteiger partial charge in [0.05, 0.1) is 5.69 Å². The number of aryl methyl sites for hydroxylation is 1. The number of thiophene rings is 1. The summed E-state index contributed by atoms with van der Waals surface area (Å²) in [5.74, 6) is -0.986. The van der Waals surface area contributed by atoms with Gasteiger partial charge in [0, 0.05) is 11.1 Å². The van der Waals surface area contributed by atoms with Crippen molar-refractivity contribution in [3.8, 4) is 0 Å². The van der Waals surface area contributed by atoms with Crippen molar-refractivity contribution >= 4 is 33.2 Å². The van der Waals surface area contributed by atoms with Crippen LogP contribution in [0.15, 0.2) is 12.1 Å². The van der Waals surface area contributed by atoms with Crippen molar-refractivity contribution < 1.29 is 9.90 Å². The average Bonchev–Trinajstić information content (AvgIpc) is 2.64. The zero-order valence-electron chi connectivity index (χ0n) is 9.56. The number of carboxylic acid groups (broad SMARTS) is 1. The summed E-state index contributed by atoms with van der Waals surface area (Å²) in [5.41, 5.74) is 7.10. The van der Waals surface area contributed by atoms with Gasteiger partial charge in [-0.15, -0.1) is 11.3 Å². The number of hydrogen-bond donors (Lipinski definition) is 2. The molecule has 0 unspecified atom stereocenters. The van der Waals surface area contributed by atoms with Crippen molar-refractivity contribution in [1.29, 1.82) is 0 Å². The first kappa shape index (κ1) is 11.9. The Bertz CT molecular complexity index is 563. The summed E-state index contributed by atoms with van der Waals surface area (Å²) in [6.07, 6.45) is 3.13. The number of nitrogen functional groups attached to an aromatic ring is 1. The second-order valence-electron chi connectivity index (χ2n) is 3.91. The molecule has 0 atom stereocenters. The highest BCUT2D eigenvalue weighted by molar-refractivity contribution is 7.21. The number of fused-ring (bicyclic) bond motifs is 1. The Hall–Kier alpha value is -1.62. The van der Waals surface area contributed by atoms with Crippen molar-refractivity contribution in [1.82, 2.24) is 4.98 Å². The lowest BCUT2D eigenvalue weighted by Gasteiger charge is -1.98. The van der Waals surface area contributed by atoms with Gasteiger partial charge in [-0.2, -0.15) is 0 Å². The number of nitrogens with zero attached hydrogens (tertiary/aromatic N) is 1. The van der Waals surface area contributed by atoms with E-state index in [2.05, 4.69) is 11.9 Å². The summed E-state index contributed by atoms with van der Waals surface area (Å²) in [5, 5.41) is 9.72. The van der Waals surface area contributed by atoms with Crippen LogP contribution in [0.25, 0.3) is 10.2 Å². The Morgan fingerprint density at radius 3 is 2.94 bits per heavy atom. The zero-order valence-corrected chi connectivity index (χ0v) is 10.4. The minimum atomic E-state index is -0.986. The Morgan fingerprint density at radius 2 is 2.29 bits per heavy atom. The molecule has 2 rings (SSSR count). The van der Waals surface area contributed by atoms with Crippen LogP contribution in [-0.2, 0) is 6.42 Å². The van der Waals surface area contributed by atoms with Crippen LogP contribution in [0.5, 0.6) is 0 Å². The Labute approximate surface area is 103 Å². The fourth-order valence-corrected chi connectivity index (χ4v) is 2.64. The largest absolute Gasteiger partial charge is 0.477 e. The standard InChI is InChI=1S/C12H14N2O2S/c1-2-3-4-7-5-6-8-9(13)10(12(15)16)17-11(8)14-7/h5-6H,2-4,13H2,1H3,(H,15,16). The van der Waals surface area contributed by atoms with E-state index < -0.39 is 5.97 Å². The number of carbonyl (C=O) groups is 1. The molecule has 0 radical (unpaired) electrons. The van der Waals surface area contributed by atoms with Gasteiger partial charge in [0.25, 0.3) is 0 Å². The lowest BCUT2D eigenvalue weighted by atomic mass is 10.1. The quantitative estimate of drug-likeness (QED) is 0.874. The van der Waals surface area contributed by atoms with Gasteiger partial charge in [-0.25, -0.2) is 9.78 Å². The van der Waals surface area contributed by atoms with Gasteiger partial charge in [-0.3, -0.25) is 0 Å². The molecule has 0 fully saturated rings. The molecule has 5 heteroatoms. The number of anilines is 1. The van der Waals surface area contributed by atoms with E-state index in [-0.39, 0.29) is 4.88 Å². The summed E-state index contributed by atoms with van der Waals surface area (Å²) in [6.45, 7) is 2.13. The molecule has 0 bridgehead atoms. The highest BCUT2D eigenvalue weighted by Crippen LogP contribution is 2.32. The van der Waals surface area contributed by atoms with Crippen LogP contribution in [0.3, 0.4) is 0 Å². The van der Waals surface area contributed by atoms with E-state index >= 15 is 0 Å². The maximum absolute atomic E-state index is 11.0. The van der Waals surface area contributed by atoms with E-state index in [1.165, 1.54) is 0 Å². The van der Waals surface area contributed by atoms with Crippen molar-refractivity contribution in [3.63, 3.8) is 0 Å². The monoisotopic (exact) mass is 250 g/mol. The molecule has 0 amide bonds. The molecule has 2 heterocycles. The van der Waals surface area contributed by atoms with Gasteiger partial charge in [0.2, 0.25) is 0 Å². The van der Waals surface area contributed by atoms with E-state index in [0.29, 0.717) is 10.5 Å². The van der Waals surface area contributed by atoms with Crippen LogP contribution >= 0.6 is 11.3 Å². The first-order chi connectivity index (χ1) is 8.13. The molecule has 0 saturated heterocycles. The van der Waals surface area contributed by atoms with E-state index in [1.54, 1.807) is 0 Å². The molecule has 0 aliphatic rings. The maximum Gasteiger partial charge on any atom is 0.348 e. The number of nitrogens with two attached hydrogens (primary N) is 1. The van der Waals surface area contributed by atoms with Crippen molar-refractivity contribution in [2.24, 2.45) is 0 Å². The topological polar surface area (TPSA) is 76.2 Å². The van der Waals surface area contributed by atoms with Gasteiger partial charge in [-0.05, 0) is 25.0 Å². The molecular formula is C12H14N2O2S. The van der Waals surface area contributed by atoms with Gasteiger partial charge >= 0.3 is 5.97 Å². The Morgan fingerprint density at radius 1 is 1.53 bits per heavy atom. The minimum Gasteiger partial charge on any atom is -0.477 e. The van der Waals surface area contributed by atoms with Crippen LogP contribution in [0.4, 0.5) is 5.69 Å². The highest BCUT2D eigenvalue weighted by atomic mass is 32.1. The van der Waals surface area contributed by atoms with E-state index in [1.807, 2.05) is 12.1 Å². The Balaban J connectivity index is 2.44. The lowest BCUT2D eigenvalue weighted by molar-refractivity contribution is 0.0703. The normalized spacial score (nSPS) is 10.9. The number of rotatable bonds is 4. The summed E-state index contributed by atoms with van der Waals surface area (Å²) >= 11 is 1.14. The molecular weight excluding hydrogens is 236 g/mol. The minimum absolute atomic E-state index is 0.181. The second-order valence-corrected chi connectivity index (χ2v) is 4.91. The molecule has 0 spiro atoms. The molecule has 0 aliphatic carbocycles. The van der Waals surface area contributed by atoms with Crippen LogP contribution in [-0.4, -0.2) is 16.1 Å². The molecule has 17 heavy (non-hydrogen) atoms. The number of carboxylic acids is 1. The third kappa shape index (κ3) is 2.24. The lowest BCUT2D eigenvalue weighted by Crippen LogP contribution is -1.97. The summed E-state index contributed by atoms with van der Waals surface area (Å²) in [6, 6.07) is 3.79. The first-order valence-corrected chi connectivity index (χ1v) is 6.36. The number of aromatic carboxylic acids is 1. The van der Waals surface area contributed by atoms with E-state index in [4.69, 9.17) is 10.8 Å². The average molecular weight is 250 g/mol. The van der Waals surface area contributed by atoms with Gasteiger partial charge < -0.3 is 10.8 Å². The van der Waals surface area contributed by atoms with Crippen molar-refractivity contribution in [2.75, 3.05) is 5.73 Å². The molecule has 3 N–H and O–H groups in total. The Kier molecular flexibility index (Phi) is 3.28. The molecule has 4 nitrogen and oxygen atoms in total. The van der Waals surface area contributed by atoms with Crippen LogP contribution in [0.1, 0.15) is 35.1 Å². The van der Waals surface area contributed by atoms with Crippen molar-refractivity contribution in [3.05, 3.63) is 22.7 Å². The predicted octanol–water partition coefficient (Wildman–Crippen LogP) is 2.92. The van der Waals surface area contributed by atoms with E-state index in [0.717, 1.165) is 41.7 Å². The predicted molar refractivity (Wildman–Crippen MR) is 69.6 cm³/mol. The van der Waals surface area contributed by atoms with Crippen LogP contribution in [0.2, 0.25) is 0 Å². The van der Waals surface area contributed by atoms with Gasteiger partial charge in [0.15, 0.2) is 0 Å². The molecule has 0 saturated carbocycles. The number of aromatic nitrogens is 1. The summed E-state index contributed by atoms with van der Waals surface area (Å²) in [7, 11) is 0. The fraction of sp³-hybridized carbons (Fsp3) is 0.333.